The molecule has 0 fully saturated rings. The Morgan fingerprint density at radius 2 is 1.82 bits per heavy atom. The Kier molecular flexibility index (Phi) is 2.98. The molecule has 7 heteroatoms. The second kappa shape index (κ2) is 4.73. The number of phenols is 2. The number of hydrogen-bond acceptors (Lipinski definition) is 7. The van der Waals surface area contributed by atoms with Crippen LogP contribution in [-0.2, 0) is 0 Å². The first kappa shape index (κ1) is 13.9. The Bertz CT molecular complexity index is 889. The standard InChI is InChI=1S/C15H12O7/c16-7-4-10(19)12-11(5-7)22-15(14(21)13(12)20)6-1-2-8(17)9(18)3-6/h1-2,4-6,16-19,21H,3H2/t6-/m0/s1. The zero-order valence-electron chi connectivity index (χ0n) is 11.1. The molecule has 0 unspecified atom stereocenters. The van der Waals surface area contributed by atoms with Crippen molar-refractivity contribution in [2.45, 2.75) is 12.3 Å². The molecule has 2 aromatic rings. The van der Waals surface area contributed by atoms with Gasteiger partial charge in [0.05, 0.1) is 0 Å². The van der Waals surface area contributed by atoms with Crippen LogP contribution in [0.2, 0.25) is 0 Å². The number of benzene rings is 1. The van der Waals surface area contributed by atoms with Crippen LogP contribution in [0.4, 0.5) is 0 Å². The van der Waals surface area contributed by atoms with Gasteiger partial charge in [-0.15, -0.1) is 0 Å². The summed E-state index contributed by atoms with van der Waals surface area (Å²) in [6, 6.07) is 2.10. The van der Waals surface area contributed by atoms with Crippen molar-refractivity contribution >= 4 is 11.0 Å². The van der Waals surface area contributed by atoms with Crippen LogP contribution in [0.3, 0.4) is 0 Å². The second-order valence-corrected chi connectivity index (χ2v) is 4.98. The molecule has 1 aliphatic rings. The van der Waals surface area contributed by atoms with Crippen molar-refractivity contribution in [3.8, 4) is 17.2 Å². The number of aliphatic hydroxyl groups excluding tert-OH is 2. The Morgan fingerprint density at radius 1 is 1.09 bits per heavy atom. The van der Waals surface area contributed by atoms with Gasteiger partial charge in [0.2, 0.25) is 11.2 Å². The summed E-state index contributed by atoms with van der Waals surface area (Å²) in [6.07, 6.45) is 2.63. The molecule has 1 heterocycles. The Labute approximate surface area is 123 Å². The summed E-state index contributed by atoms with van der Waals surface area (Å²) in [6.45, 7) is 0. The molecule has 3 rings (SSSR count). The molecule has 7 nitrogen and oxygen atoms in total. The van der Waals surface area contributed by atoms with Gasteiger partial charge in [0.25, 0.3) is 0 Å². The molecule has 0 spiro atoms. The number of fused-ring (bicyclic) bond motifs is 1. The molecule has 1 aromatic heterocycles. The van der Waals surface area contributed by atoms with Gasteiger partial charge in [0.1, 0.15) is 28.2 Å². The van der Waals surface area contributed by atoms with Crippen LogP contribution in [0, 0.1) is 0 Å². The zero-order valence-corrected chi connectivity index (χ0v) is 11.1. The monoisotopic (exact) mass is 304 g/mol. The van der Waals surface area contributed by atoms with E-state index in [9.17, 15) is 30.3 Å². The van der Waals surface area contributed by atoms with E-state index >= 15 is 0 Å². The van der Waals surface area contributed by atoms with E-state index in [2.05, 4.69) is 0 Å². The first-order valence-corrected chi connectivity index (χ1v) is 6.39. The van der Waals surface area contributed by atoms with Crippen molar-refractivity contribution in [1.29, 1.82) is 0 Å². The van der Waals surface area contributed by atoms with E-state index in [1.165, 1.54) is 12.2 Å². The van der Waals surface area contributed by atoms with Crippen LogP contribution in [-0.4, -0.2) is 25.5 Å². The van der Waals surface area contributed by atoms with Crippen LogP contribution in [0.5, 0.6) is 17.2 Å². The smallest absolute Gasteiger partial charge is 0.238 e. The predicted molar refractivity (Wildman–Crippen MR) is 76.3 cm³/mol. The summed E-state index contributed by atoms with van der Waals surface area (Å²) in [5, 5.41) is 47.9. The lowest BCUT2D eigenvalue weighted by Gasteiger charge is -2.17. The largest absolute Gasteiger partial charge is 0.508 e. The predicted octanol–water partition coefficient (Wildman–Crippen LogP) is 2.28. The van der Waals surface area contributed by atoms with Crippen molar-refractivity contribution in [3.05, 3.63) is 51.8 Å². The Hall–Kier alpha value is -3.09. The molecule has 5 N–H and O–H groups in total. The molecule has 22 heavy (non-hydrogen) atoms. The normalized spacial score (nSPS) is 18.1. The molecule has 0 saturated heterocycles. The summed E-state index contributed by atoms with van der Waals surface area (Å²) >= 11 is 0. The molecule has 0 radical (unpaired) electrons. The second-order valence-electron chi connectivity index (χ2n) is 4.98. The van der Waals surface area contributed by atoms with Gasteiger partial charge >= 0.3 is 0 Å². The molecule has 0 aliphatic heterocycles. The Balaban J connectivity index is 2.23. The molecular formula is C15H12O7. The van der Waals surface area contributed by atoms with Crippen molar-refractivity contribution in [2.24, 2.45) is 0 Å². The molecule has 0 saturated carbocycles. The molecule has 1 aromatic carbocycles. The van der Waals surface area contributed by atoms with Crippen LogP contribution < -0.4 is 5.43 Å². The maximum absolute atomic E-state index is 12.2. The number of hydrogen-bond donors (Lipinski definition) is 5. The van der Waals surface area contributed by atoms with Gasteiger partial charge in [0, 0.05) is 24.5 Å². The lowest BCUT2D eigenvalue weighted by Crippen LogP contribution is -2.10. The van der Waals surface area contributed by atoms with Crippen LogP contribution in [0.25, 0.3) is 11.0 Å². The molecule has 1 atom stereocenters. The number of aliphatic hydroxyl groups is 2. The number of phenolic OH excluding ortho intramolecular Hbond substituents is 2. The number of aromatic hydroxyl groups is 3. The van der Waals surface area contributed by atoms with Gasteiger partial charge in [-0.1, -0.05) is 6.08 Å². The van der Waals surface area contributed by atoms with E-state index in [4.69, 9.17) is 4.42 Å². The van der Waals surface area contributed by atoms with E-state index in [0.29, 0.717) is 0 Å². The number of rotatable bonds is 1. The minimum absolute atomic E-state index is 0.0604. The third kappa shape index (κ3) is 2.03. The molecule has 0 bridgehead atoms. The van der Waals surface area contributed by atoms with Gasteiger partial charge < -0.3 is 29.9 Å². The third-order valence-corrected chi connectivity index (χ3v) is 3.49. The Morgan fingerprint density at radius 3 is 2.50 bits per heavy atom. The first-order chi connectivity index (χ1) is 10.4. The summed E-state index contributed by atoms with van der Waals surface area (Å²) in [5.74, 6) is -2.90. The van der Waals surface area contributed by atoms with Crippen LogP contribution in [0.1, 0.15) is 18.1 Å². The van der Waals surface area contributed by atoms with Gasteiger partial charge in [0.15, 0.2) is 11.5 Å². The van der Waals surface area contributed by atoms with E-state index < -0.39 is 22.8 Å². The molecule has 1 aliphatic carbocycles. The fourth-order valence-corrected chi connectivity index (χ4v) is 2.41. The lowest BCUT2D eigenvalue weighted by molar-refractivity contribution is 0.305. The maximum atomic E-state index is 12.2. The quantitative estimate of drug-likeness (QED) is 0.546. The lowest BCUT2D eigenvalue weighted by atomic mass is 9.94. The van der Waals surface area contributed by atoms with E-state index in [-0.39, 0.29) is 40.4 Å². The summed E-state index contributed by atoms with van der Waals surface area (Å²) in [4.78, 5) is 12.2. The summed E-state index contributed by atoms with van der Waals surface area (Å²) < 4.78 is 5.42. The van der Waals surface area contributed by atoms with Gasteiger partial charge in [-0.25, -0.2) is 0 Å². The van der Waals surface area contributed by atoms with E-state index in [1.54, 1.807) is 0 Å². The fourth-order valence-electron chi connectivity index (χ4n) is 2.41. The molecule has 0 amide bonds. The number of allylic oxidation sites excluding steroid dienone is 3. The minimum atomic E-state index is -0.847. The van der Waals surface area contributed by atoms with Crippen molar-refractivity contribution in [3.63, 3.8) is 0 Å². The summed E-state index contributed by atoms with van der Waals surface area (Å²) in [7, 11) is 0. The zero-order chi connectivity index (χ0) is 16.0. The van der Waals surface area contributed by atoms with Crippen LogP contribution in [0.15, 0.2) is 45.0 Å². The van der Waals surface area contributed by atoms with Crippen molar-refractivity contribution in [1.82, 2.24) is 0 Å². The van der Waals surface area contributed by atoms with Gasteiger partial charge in [-0.2, -0.15) is 0 Å². The minimum Gasteiger partial charge on any atom is -0.508 e. The average molecular weight is 304 g/mol. The highest BCUT2D eigenvalue weighted by molar-refractivity contribution is 5.85. The first-order valence-electron chi connectivity index (χ1n) is 6.39. The summed E-state index contributed by atoms with van der Waals surface area (Å²) in [5.41, 5.74) is -0.942. The maximum Gasteiger partial charge on any atom is 0.238 e. The van der Waals surface area contributed by atoms with Crippen molar-refractivity contribution < 1.29 is 29.9 Å². The van der Waals surface area contributed by atoms with Gasteiger partial charge in [-0.05, 0) is 6.08 Å². The average Bonchev–Trinajstić information content (AvgIpc) is 2.45. The van der Waals surface area contributed by atoms with Crippen molar-refractivity contribution in [2.75, 3.05) is 0 Å². The van der Waals surface area contributed by atoms with E-state index in [1.807, 2.05) is 0 Å². The highest BCUT2D eigenvalue weighted by atomic mass is 16.4. The molecule has 114 valence electrons. The molecular weight excluding hydrogens is 292 g/mol. The van der Waals surface area contributed by atoms with Crippen LogP contribution >= 0.6 is 0 Å². The van der Waals surface area contributed by atoms with Gasteiger partial charge in [-0.3, -0.25) is 4.79 Å². The fraction of sp³-hybridized carbons (Fsp3) is 0.133. The highest BCUT2D eigenvalue weighted by Gasteiger charge is 2.26. The topological polar surface area (TPSA) is 131 Å². The SMILES string of the molecule is O=c1c(O)c([C@H]2C=CC(O)=C(O)C2)oc2cc(O)cc(O)c12. The van der Waals surface area contributed by atoms with E-state index in [0.717, 1.165) is 12.1 Å². The highest BCUT2D eigenvalue weighted by Crippen LogP contribution is 2.37. The third-order valence-electron chi connectivity index (χ3n) is 3.49.